The highest BCUT2D eigenvalue weighted by Gasteiger charge is 2.41. The van der Waals surface area contributed by atoms with E-state index in [4.69, 9.17) is 4.74 Å². The Hall–Kier alpha value is -1.74. The van der Waals surface area contributed by atoms with Crippen molar-refractivity contribution in [2.75, 3.05) is 7.11 Å². The molecule has 0 saturated heterocycles. The predicted octanol–water partition coefficient (Wildman–Crippen LogP) is -0.368. The van der Waals surface area contributed by atoms with E-state index in [0.29, 0.717) is 18.4 Å². The van der Waals surface area contributed by atoms with Crippen LogP contribution in [-0.4, -0.2) is 44.4 Å². The fraction of sp³-hybridized carbons (Fsp3) is 0.615. The summed E-state index contributed by atoms with van der Waals surface area (Å²) in [5.74, 6) is -3.14. The molecular formula is C13H19N2O8P. The van der Waals surface area contributed by atoms with Gasteiger partial charge in [0, 0.05) is 17.8 Å². The van der Waals surface area contributed by atoms with Crippen molar-refractivity contribution in [1.82, 2.24) is 9.55 Å². The van der Waals surface area contributed by atoms with E-state index in [1.807, 2.05) is 0 Å². The summed E-state index contributed by atoms with van der Waals surface area (Å²) in [6, 6.07) is -0.298. The fourth-order valence-electron chi connectivity index (χ4n) is 2.71. The Balaban J connectivity index is 2.14. The predicted molar refractivity (Wildman–Crippen MR) is 81.7 cm³/mol. The smallest absolute Gasteiger partial charge is 0.365 e. The topological polar surface area (TPSA) is 148 Å². The van der Waals surface area contributed by atoms with Crippen molar-refractivity contribution in [1.29, 1.82) is 0 Å². The molecule has 3 N–H and O–H groups in total. The summed E-state index contributed by atoms with van der Waals surface area (Å²) >= 11 is 0. The number of hydrogen-bond donors (Lipinski definition) is 3. The van der Waals surface area contributed by atoms with E-state index in [1.165, 1.54) is 10.8 Å². The first-order valence-corrected chi connectivity index (χ1v) is 8.92. The highest BCUT2D eigenvalue weighted by molar-refractivity contribution is 7.53. The molecule has 0 radical (unpaired) electrons. The molecule has 1 saturated carbocycles. The summed E-state index contributed by atoms with van der Waals surface area (Å²) in [6.45, 7) is 1.57. The first-order chi connectivity index (χ1) is 11.1. The highest BCUT2D eigenvalue weighted by atomic mass is 31.2. The lowest BCUT2D eigenvalue weighted by Crippen LogP contribution is -2.33. The number of rotatable bonds is 5. The third kappa shape index (κ3) is 4.02. The van der Waals surface area contributed by atoms with Crippen molar-refractivity contribution < 1.29 is 28.6 Å². The van der Waals surface area contributed by atoms with Crippen molar-refractivity contribution in [2.45, 2.75) is 44.2 Å². The van der Waals surface area contributed by atoms with Crippen LogP contribution in [0.2, 0.25) is 0 Å². The Morgan fingerprint density at radius 3 is 2.67 bits per heavy atom. The first-order valence-electron chi connectivity index (χ1n) is 7.24. The molecule has 0 amide bonds. The quantitative estimate of drug-likeness (QED) is 0.475. The zero-order valence-corrected chi connectivity index (χ0v) is 14.1. The molecular weight excluding hydrogens is 343 g/mol. The SMILES string of the molecule is COC(=O)C(OC1CCC(n2cc(C)c(=O)[nH]c2=O)C1)P(=O)(O)O. The van der Waals surface area contributed by atoms with Gasteiger partial charge < -0.3 is 19.3 Å². The molecule has 0 bridgehead atoms. The van der Waals surface area contributed by atoms with Gasteiger partial charge >= 0.3 is 19.3 Å². The second-order valence-corrected chi connectivity index (χ2v) is 7.32. The summed E-state index contributed by atoms with van der Waals surface area (Å²) in [5, 5.41) is 0. The minimum Gasteiger partial charge on any atom is -0.467 e. The van der Waals surface area contributed by atoms with Crippen LogP contribution in [0.25, 0.3) is 0 Å². The van der Waals surface area contributed by atoms with Gasteiger partial charge in [-0.05, 0) is 26.2 Å². The van der Waals surface area contributed by atoms with E-state index in [2.05, 4.69) is 9.72 Å². The number of esters is 1. The summed E-state index contributed by atoms with van der Waals surface area (Å²) in [5.41, 5.74) is -0.647. The van der Waals surface area contributed by atoms with Gasteiger partial charge in [0.25, 0.3) is 11.4 Å². The number of aryl methyl sites for hydroxylation is 1. The number of nitrogens with zero attached hydrogens (tertiary/aromatic N) is 1. The molecule has 0 aliphatic heterocycles. The molecule has 1 fully saturated rings. The lowest BCUT2D eigenvalue weighted by atomic mass is 10.2. The molecule has 1 aliphatic carbocycles. The van der Waals surface area contributed by atoms with Gasteiger partial charge in [0.1, 0.15) is 0 Å². The van der Waals surface area contributed by atoms with Crippen molar-refractivity contribution in [3.8, 4) is 0 Å². The van der Waals surface area contributed by atoms with Crippen molar-refractivity contribution >= 4 is 13.6 Å². The normalized spacial score (nSPS) is 22.3. The summed E-state index contributed by atoms with van der Waals surface area (Å²) < 4.78 is 22.4. The molecule has 2 rings (SSSR count). The van der Waals surface area contributed by atoms with Crippen LogP contribution in [-0.2, 0) is 18.8 Å². The molecule has 10 nitrogen and oxygen atoms in total. The Morgan fingerprint density at radius 1 is 1.42 bits per heavy atom. The van der Waals surface area contributed by atoms with Crippen LogP contribution >= 0.6 is 7.60 Å². The molecule has 3 unspecified atom stereocenters. The minimum absolute atomic E-state index is 0.277. The van der Waals surface area contributed by atoms with Crippen LogP contribution in [0.15, 0.2) is 15.8 Å². The van der Waals surface area contributed by atoms with Gasteiger partial charge in [-0.15, -0.1) is 0 Å². The van der Waals surface area contributed by atoms with Crippen LogP contribution < -0.4 is 11.2 Å². The van der Waals surface area contributed by atoms with E-state index in [-0.39, 0.29) is 12.5 Å². The van der Waals surface area contributed by atoms with Gasteiger partial charge in [0.05, 0.1) is 13.2 Å². The summed E-state index contributed by atoms with van der Waals surface area (Å²) in [4.78, 5) is 55.4. The van der Waals surface area contributed by atoms with Crippen LogP contribution in [0.5, 0.6) is 0 Å². The van der Waals surface area contributed by atoms with Gasteiger partial charge in [-0.25, -0.2) is 9.59 Å². The van der Waals surface area contributed by atoms with Crippen molar-refractivity contribution in [2.24, 2.45) is 0 Å². The maximum Gasteiger partial charge on any atom is 0.365 e. The standard InChI is InChI=1S/C13H19N2O8P/c1-7-6-15(13(18)14-10(7)16)8-3-4-9(5-8)23-12(11(17)22-2)24(19,20)21/h6,8-9,12H,3-5H2,1-2H3,(H,14,16,18)(H2,19,20,21). The molecule has 11 heteroatoms. The molecule has 1 heterocycles. The lowest BCUT2D eigenvalue weighted by molar-refractivity contribution is -0.152. The van der Waals surface area contributed by atoms with E-state index >= 15 is 0 Å². The van der Waals surface area contributed by atoms with Gasteiger partial charge in [-0.1, -0.05) is 0 Å². The zero-order chi connectivity index (χ0) is 18.1. The zero-order valence-electron chi connectivity index (χ0n) is 13.2. The minimum atomic E-state index is -4.83. The fourth-order valence-corrected chi connectivity index (χ4v) is 3.42. The van der Waals surface area contributed by atoms with Gasteiger partial charge in [0.2, 0.25) is 0 Å². The van der Waals surface area contributed by atoms with Gasteiger partial charge in [-0.3, -0.25) is 18.9 Å². The second-order valence-electron chi connectivity index (χ2n) is 5.67. The monoisotopic (exact) mass is 362 g/mol. The number of ether oxygens (including phenoxy) is 2. The first kappa shape index (κ1) is 18.6. The summed E-state index contributed by atoms with van der Waals surface area (Å²) in [7, 11) is -3.82. The Kier molecular flexibility index (Phi) is 5.44. The average Bonchev–Trinajstić information content (AvgIpc) is 2.95. The molecule has 134 valence electrons. The number of carbonyl (C=O) groups is 1. The number of aromatic nitrogens is 2. The third-order valence-electron chi connectivity index (χ3n) is 3.93. The van der Waals surface area contributed by atoms with E-state index < -0.39 is 36.8 Å². The maximum absolute atomic E-state index is 11.9. The Labute approximate surface area is 136 Å². The number of carbonyl (C=O) groups excluding carboxylic acids is 1. The van der Waals surface area contributed by atoms with Gasteiger partial charge in [0.15, 0.2) is 0 Å². The van der Waals surface area contributed by atoms with Crippen LogP contribution in [0, 0.1) is 6.92 Å². The van der Waals surface area contributed by atoms with Crippen LogP contribution in [0.1, 0.15) is 30.9 Å². The van der Waals surface area contributed by atoms with E-state index in [9.17, 15) is 28.7 Å². The van der Waals surface area contributed by atoms with Crippen LogP contribution in [0.3, 0.4) is 0 Å². The number of H-pyrrole nitrogens is 1. The highest BCUT2D eigenvalue weighted by Crippen LogP contribution is 2.45. The van der Waals surface area contributed by atoms with Gasteiger partial charge in [-0.2, -0.15) is 0 Å². The largest absolute Gasteiger partial charge is 0.467 e. The molecule has 3 atom stereocenters. The molecule has 1 aliphatic rings. The lowest BCUT2D eigenvalue weighted by Gasteiger charge is -2.21. The van der Waals surface area contributed by atoms with E-state index in [1.54, 1.807) is 6.92 Å². The second kappa shape index (κ2) is 7.02. The summed E-state index contributed by atoms with van der Waals surface area (Å²) in [6.07, 6.45) is 2.01. The van der Waals surface area contributed by atoms with E-state index in [0.717, 1.165) is 7.11 Å². The molecule has 1 aromatic rings. The van der Waals surface area contributed by atoms with Crippen LogP contribution in [0.4, 0.5) is 0 Å². The molecule has 0 spiro atoms. The number of aromatic amines is 1. The Bertz CT molecular complexity index is 779. The molecule has 1 aromatic heterocycles. The number of hydrogen-bond acceptors (Lipinski definition) is 6. The number of methoxy groups -OCH3 is 1. The maximum atomic E-state index is 11.9. The molecule has 24 heavy (non-hydrogen) atoms. The molecule has 0 aromatic carbocycles. The Morgan fingerprint density at radius 2 is 2.08 bits per heavy atom. The third-order valence-corrected chi connectivity index (χ3v) is 4.87. The van der Waals surface area contributed by atoms with Crippen molar-refractivity contribution in [3.63, 3.8) is 0 Å². The number of nitrogens with one attached hydrogen (secondary N) is 1. The van der Waals surface area contributed by atoms with Crippen molar-refractivity contribution in [3.05, 3.63) is 32.6 Å². The average molecular weight is 362 g/mol.